The van der Waals surface area contributed by atoms with Crippen molar-refractivity contribution in [3.05, 3.63) is 208 Å². The van der Waals surface area contributed by atoms with Crippen molar-refractivity contribution in [2.75, 3.05) is 7.11 Å². The summed E-state index contributed by atoms with van der Waals surface area (Å²) in [5, 5.41) is 0. The second-order valence-electron chi connectivity index (χ2n) is 14.3. The maximum absolute atomic E-state index is 7.32. The summed E-state index contributed by atoms with van der Waals surface area (Å²) >= 11 is 0. The Hall–Kier alpha value is -5.04. The van der Waals surface area contributed by atoms with E-state index in [1.807, 2.05) is 42.5 Å². The highest BCUT2D eigenvalue weighted by Gasteiger charge is 2.48. The van der Waals surface area contributed by atoms with E-state index >= 15 is 0 Å². The smallest absolute Gasteiger partial charge is 0.122 e. The minimum atomic E-state index is -0.484. The van der Waals surface area contributed by atoms with Crippen molar-refractivity contribution in [3.8, 4) is 5.75 Å². The van der Waals surface area contributed by atoms with E-state index in [-0.39, 0.29) is 6.10 Å². The van der Waals surface area contributed by atoms with Crippen molar-refractivity contribution < 1.29 is 23.7 Å². The quantitative estimate of drug-likeness (QED) is 0.0934. The molecular weight excluding hydrogens is 681 g/mol. The molecule has 0 amide bonds. The molecule has 5 heteroatoms. The zero-order valence-corrected chi connectivity index (χ0v) is 32.0. The molecule has 0 saturated carbocycles. The van der Waals surface area contributed by atoms with Crippen LogP contribution in [0.4, 0.5) is 0 Å². The third kappa shape index (κ3) is 10.4. The van der Waals surface area contributed by atoms with Crippen LogP contribution in [0.1, 0.15) is 64.0 Å². The fourth-order valence-electron chi connectivity index (χ4n) is 7.47. The van der Waals surface area contributed by atoms with Gasteiger partial charge in [-0.15, -0.1) is 0 Å². The number of aryl methyl sites for hydroxylation is 2. The van der Waals surface area contributed by atoms with Crippen molar-refractivity contribution in [1.82, 2.24) is 0 Å². The summed E-state index contributed by atoms with van der Waals surface area (Å²) in [7, 11) is 1.74. The van der Waals surface area contributed by atoms with Crippen molar-refractivity contribution in [3.63, 3.8) is 0 Å². The summed E-state index contributed by atoms with van der Waals surface area (Å²) in [5.74, 6) is 0.849. The first-order valence-electron chi connectivity index (χ1n) is 19.6. The Morgan fingerprint density at radius 3 is 1.51 bits per heavy atom. The Morgan fingerprint density at radius 2 is 0.982 bits per heavy atom. The molecule has 1 aliphatic rings. The van der Waals surface area contributed by atoms with Gasteiger partial charge in [0, 0.05) is 6.42 Å². The Balaban J connectivity index is 1.28. The first-order valence-corrected chi connectivity index (χ1v) is 19.6. The first kappa shape index (κ1) is 38.2. The minimum Gasteiger partial charge on any atom is -0.496 e. The van der Waals surface area contributed by atoms with Gasteiger partial charge in [-0.05, 0) is 75.9 Å². The van der Waals surface area contributed by atoms with Gasteiger partial charge in [0.2, 0.25) is 0 Å². The minimum absolute atomic E-state index is 0.279. The molecule has 1 fully saturated rings. The lowest BCUT2D eigenvalue weighted by atomic mass is 9.87. The summed E-state index contributed by atoms with van der Waals surface area (Å²) in [6.07, 6.45) is 1.29. The Labute approximate surface area is 326 Å². The van der Waals surface area contributed by atoms with Gasteiger partial charge in [-0.1, -0.05) is 159 Å². The summed E-state index contributed by atoms with van der Waals surface area (Å²) in [4.78, 5) is 0. The number of hydrogen-bond acceptors (Lipinski definition) is 5. The number of hydrogen-bond donors (Lipinski definition) is 0. The highest BCUT2D eigenvalue weighted by atomic mass is 16.6. The van der Waals surface area contributed by atoms with E-state index in [4.69, 9.17) is 23.7 Å². The zero-order chi connectivity index (χ0) is 37.7. The maximum Gasteiger partial charge on any atom is 0.122 e. The van der Waals surface area contributed by atoms with Gasteiger partial charge in [-0.2, -0.15) is 0 Å². The van der Waals surface area contributed by atoms with E-state index in [1.54, 1.807) is 7.11 Å². The van der Waals surface area contributed by atoms with E-state index in [0.29, 0.717) is 19.8 Å². The maximum atomic E-state index is 7.32. The van der Waals surface area contributed by atoms with Gasteiger partial charge in [0.05, 0.1) is 33.0 Å². The average Bonchev–Trinajstić information content (AvgIpc) is 3.25. The molecule has 1 saturated heterocycles. The lowest BCUT2D eigenvalue weighted by molar-refractivity contribution is -0.268. The Morgan fingerprint density at radius 1 is 0.491 bits per heavy atom. The van der Waals surface area contributed by atoms with Gasteiger partial charge in [0.25, 0.3) is 0 Å². The number of benzene rings is 6. The van der Waals surface area contributed by atoms with Crippen LogP contribution in [0.2, 0.25) is 0 Å². The fraction of sp³-hybridized carbons (Fsp3) is 0.280. The topological polar surface area (TPSA) is 46.2 Å². The molecule has 0 spiro atoms. The van der Waals surface area contributed by atoms with Gasteiger partial charge in [0.15, 0.2) is 0 Å². The first-order chi connectivity index (χ1) is 27.2. The standard InChI is InChI=1S/C50H52O5/c1-3-37-24-26-39(27-25-37)32-44-33-43(29-31-45(44)51-2)47-49(53-35-41-20-12-6-13-21-41)50(54-36-42-22-14-7-15-23-42)48(52-34-40-18-10-5-11-19-40)46(55-47)30-28-38-16-8-4-9-17-38/h4-27,29,31,33,46-50H,3,28,30,32,34-36H2,1-2H3/t46-,47+,48-,49+,50+/m1/s1. The Bertz CT molecular complexity index is 2000. The predicted octanol–water partition coefficient (Wildman–Crippen LogP) is 10.7. The predicted molar refractivity (Wildman–Crippen MR) is 219 cm³/mol. The van der Waals surface area contributed by atoms with Crippen LogP contribution in [-0.2, 0) is 58.0 Å². The van der Waals surface area contributed by atoms with E-state index < -0.39 is 24.4 Å². The lowest BCUT2D eigenvalue weighted by Crippen LogP contribution is -2.57. The van der Waals surface area contributed by atoms with Crippen molar-refractivity contribution in [2.45, 2.75) is 82.9 Å². The van der Waals surface area contributed by atoms with Crippen LogP contribution < -0.4 is 4.74 Å². The monoisotopic (exact) mass is 732 g/mol. The van der Waals surface area contributed by atoms with Gasteiger partial charge in [-0.25, -0.2) is 0 Å². The summed E-state index contributed by atoms with van der Waals surface area (Å²) in [6, 6.07) is 56.9. The molecule has 7 rings (SSSR count). The van der Waals surface area contributed by atoms with Crippen LogP contribution in [0.25, 0.3) is 0 Å². The molecule has 6 aromatic carbocycles. The molecule has 6 aromatic rings. The van der Waals surface area contributed by atoms with E-state index in [2.05, 4.69) is 128 Å². The molecule has 5 nitrogen and oxygen atoms in total. The van der Waals surface area contributed by atoms with Crippen LogP contribution in [0.5, 0.6) is 5.75 Å². The Kier molecular flexibility index (Phi) is 13.6. The normalized spacial score (nSPS) is 19.6. The zero-order valence-electron chi connectivity index (χ0n) is 32.0. The largest absolute Gasteiger partial charge is 0.496 e. The van der Waals surface area contributed by atoms with E-state index in [0.717, 1.165) is 59.3 Å². The van der Waals surface area contributed by atoms with Gasteiger partial charge in [0.1, 0.15) is 30.2 Å². The van der Waals surface area contributed by atoms with E-state index in [1.165, 1.54) is 16.7 Å². The number of methoxy groups -OCH3 is 1. The molecule has 282 valence electrons. The van der Waals surface area contributed by atoms with Crippen molar-refractivity contribution >= 4 is 0 Å². The summed E-state index contributed by atoms with van der Waals surface area (Å²) in [5.41, 5.74) is 9.21. The molecular formula is C50H52O5. The summed E-state index contributed by atoms with van der Waals surface area (Å²) in [6.45, 7) is 3.44. The van der Waals surface area contributed by atoms with Gasteiger partial charge in [-0.3, -0.25) is 0 Å². The molecule has 0 radical (unpaired) electrons. The molecule has 5 atom stereocenters. The highest BCUT2D eigenvalue weighted by Crippen LogP contribution is 2.41. The van der Waals surface area contributed by atoms with Crippen molar-refractivity contribution in [1.29, 1.82) is 0 Å². The van der Waals surface area contributed by atoms with Crippen LogP contribution in [0.15, 0.2) is 164 Å². The van der Waals surface area contributed by atoms with Crippen LogP contribution in [-0.4, -0.2) is 31.5 Å². The van der Waals surface area contributed by atoms with Crippen LogP contribution >= 0.6 is 0 Å². The summed E-state index contributed by atoms with van der Waals surface area (Å²) < 4.78 is 34.2. The second kappa shape index (κ2) is 19.5. The lowest BCUT2D eigenvalue weighted by Gasteiger charge is -2.47. The van der Waals surface area contributed by atoms with Gasteiger partial charge < -0.3 is 23.7 Å². The SMILES string of the molecule is CCc1ccc(Cc2cc([C@@H]3O[C@H](CCc4ccccc4)[C@@H](OCc4ccccc4)[C@H](OCc4ccccc4)[C@H]3OCc3ccccc3)ccc2OC)cc1. The molecule has 0 aliphatic carbocycles. The number of rotatable bonds is 17. The molecule has 0 N–H and O–H groups in total. The third-order valence-corrected chi connectivity index (χ3v) is 10.5. The molecule has 1 heterocycles. The molecule has 55 heavy (non-hydrogen) atoms. The van der Waals surface area contributed by atoms with Crippen LogP contribution in [0.3, 0.4) is 0 Å². The second-order valence-corrected chi connectivity index (χ2v) is 14.3. The number of ether oxygens (including phenoxy) is 5. The highest BCUT2D eigenvalue weighted by molar-refractivity contribution is 5.42. The molecule has 0 aromatic heterocycles. The molecule has 1 aliphatic heterocycles. The van der Waals surface area contributed by atoms with Crippen molar-refractivity contribution in [2.24, 2.45) is 0 Å². The molecule has 0 unspecified atom stereocenters. The fourth-order valence-corrected chi connectivity index (χ4v) is 7.47. The average molecular weight is 733 g/mol. The van der Waals surface area contributed by atoms with E-state index in [9.17, 15) is 0 Å². The van der Waals surface area contributed by atoms with Gasteiger partial charge >= 0.3 is 0 Å². The molecule has 0 bridgehead atoms. The third-order valence-electron chi connectivity index (χ3n) is 10.5. The van der Waals surface area contributed by atoms with Crippen LogP contribution in [0, 0.1) is 0 Å².